The second-order valence-corrected chi connectivity index (χ2v) is 5.93. The Morgan fingerprint density at radius 1 is 1.43 bits per heavy atom. The van der Waals surface area contributed by atoms with E-state index in [4.69, 9.17) is 9.84 Å². The first-order valence-electron chi connectivity index (χ1n) is 6.88. The van der Waals surface area contributed by atoms with E-state index in [0.29, 0.717) is 19.6 Å². The molecule has 0 saturated heterocycles. The van der Waals surface area contributed by atoms with Crippen molar-refractivity contribution in [2.24, 2.45) is 0 Å². The number of carboxylic acids is 1. The highest BCUT2D eigenvalue weighted by atomic mass is 32.1. The third-order valence-corrected chi connectivity index (χ3v) is 4.49. The highest BCUT2D eigenvalue weighted by Crippen LogP contribution is 2.38. The fraction of sp³-hybridized carbons (Fsp3) is 0.333. The van der Waals surface area contributed by atoms with Crippen LogP contribution in [0.1, 0.15) is 22.9 Å². The smallest absolute Gasteiger partial charge is 0.312 e. The number of para-hydroxylation sites is 1. The molecule has 1 aromatic heterocycles. The van der Waals surface area contributed by atoms with Gasteiger partial charge >= 0.3 is 5.97 Å². The Bertz CT molecular complexity index is 627. The maximum Gasteiger partial charge on any atom is 0.312 e. The summed E-state index contributed by atoms with van der Waals surface area (Å²) in [6, 6.07) is 9.63. The number of anilines is 1. The quantitative estimate of drug-likeness (QED) is 0.803. The van der Waals surface area contributed by atoms with Crippen LogP contribution in [-0.2, 0) is 11.2 Å². The number of rotatable bonds is 6. The van der Waals surface area contributed by atoms with Gasteiger partial charge in [-0.3, -0.25) is 4.79 Å². The number of carboxylic acid groups (broad SMARTS) is 1. The molecule has 21 heavy (non-hydrogen) atoms. The minimum Gasteiger partial charge on any atom is -0.492 e. The third kappa shape index (κ3) is 3.16. The number of hydrogen-bond acceptors (Lipinski definition) is 5. The molecular formula is C15H16N2O3S. The maximum atomic E-state index is 11.1. The highest BCUT2D eigenvalue weighted by molar-refractivity contribution is 7.15. The molecule has 0 fully saturated rings. The molecule has 1 unspecified atom stereocenters. The molecular weight excluding hydrogens is 288 g/mol. The van der Waals surface area contributed by atoms with E-state index in [0.717, 1.165) is 27.9 Å². The number of benzene rings is 1. The molecule has 6 heteroatoms. The molecule has 1 heterocycles. The molecule has 2 aromatic rings. The van der Waals surface area contributed by atoms with Crippen LogP contribution in [0.25, 0.3) is 0 Å². The zero-order valence-corrected chi connectivity index (χ0v) is 12.2. The number of carbonyl (C=O) groups is 1. The van der Waals surface area contributed by atoms with Gasteiger partial charge in [-0.25, -0.2) is 4.98 Å². The highest BCUT2D eigenvalue weighted by Gasteiger charge is 2.32. The van der Waals surface area contributed by atoms with Crippen molar-refractivity contribution in [1.82, 2.24) is 4.98 Å². The number of aromatic nitrogens is 1. The van der Waals surface area contributed by atoms with E-state index >= 15 is 0 Å². The summed E-state index contributed by atoms with van der Waals surface area (Å²) in [6.45, 7) is 1.18. The molecule has 1 atom stereocenters. The van der Waals surface area contributed by atoms with Crippen molar-refractivity contribution in [3.05, 3.63) is 40.9 Å². The summed E-state index contributed by atoms with van der Waals surface area (Å²) >= 11 is 1.55. The minimum atomic E-state index is -0.780. The van der Waals surface area contributed by atoms with Gasteiger partial charge in [-0.15, -0.1) is 11.3 Å². The van der Waals surface area contributed by atoms with Crippen molar-refractivity contribution in [2.45, 2.75) is 18.8 Å². The van der Waals surface area contributed by atoms with Crippen molar-refractivity contribution in [3.8, 4) is 5.75 Å². The molecule has 0 saturated carbocycles. The first-order chi connectivity index (χ1) is 10.2. The van der Waals surface area contributed by atoms with Crippen LogP contribution in [0.15, 0.2) is 30.3 Å². The van der Waals surface area contributed by atoms with Gasteiger partial charge in [0.05, 0.1) is 12.2 Å². The normalized spacial score (nSPS) is 16.5. The van der Waals surface area contributed by atoms with Crippen LogP contribution < -0.4 is 10.1 Å². The van der Waals surface area contributed by atoms with E-state index < -0.39 is 11.9 Å². The number of nitrogens with one attached hydrogen (secondary N) is 1. The predicted octanol–water partition coefficient (Wildman–Crippen LogP) is 2.75. The van der Waals surface area contributed by atoms with E-state index in [1.165, 1.54) is 0 Å². The molecule has 3 rings (SSSR count). The zero-order chi connectivity index (χ0) is 14.7. The Morgan fingerprint density at radius 3 is 3.00 bits per heavy atom. The molecule has 0 bridgehead atoms. The van der Waals surface area contributed by atoms with Gasteiger partial charge < -0.3 is 15.2 Å². The summed E-state index contributed by atoms with van der Waals surface area (Å²) < 4.78 is 5.58. The molecule has 0 spiro atoms. The molecule has 110 valence electrons. The number of ether oxygens (including phenoxy) is 1. The lowest BCUT2D eigenvalue weighted by Gasteiger charge is -2.06. The third-order valence-electron chi connectivity index (χ3n) is 3.41. The number of aryl methyl sites for hydroxylation is 1. The number of aliphatic carboxylic acids is 1. The Hall–Kier alpha value is -2.08. The standard InChI is InChI=1S/C15H16N2O3S/c18-14(19)11-6-7-12-13(11)17-15(21-12)16-8-9-20-10-4-2-1-3-5-10/h1-5,11H,6-9H2,(H,16,17)(H,18,19). The lowest BCUT2D eigenvalue weighted by Crippen LogP contribution is -2.12. The Balaban J connectivity index is 1.51. The molecule has 1 aliphatic carbocycles. The average Bonchev–Trinajstić information content (AvgIpc) is 3.04. The fourth-order valence-electron chi connectivity index (χ4n) is 2.39. The summed E-state index contributed by atoms with van der Waals surface area (Å²) in [7, 11) is 0. The van der Waals surface area contributed by atoms with Crippen LogP contribution in [0, 0.1) is 0 Å². The minimum absolute atomic E-state index is 0.438. The first-order valence-corrected chi connectivity index (χ1v) is 7.70. The largest absolute Gasteiger partial charge is 0.492 e. The summed E-state index contributed by atoms with van der Waals surface area (Å²) in [5, 5.41) is 13.1. The molecule has 1 aromatic carbocycles. The van der Waals surface area contributed by atoms with E-state index in [1.807, 2.05) is 30.3 Å². The van der Waals surface area contributed by atoms with Gasteiger partial charge in [0.2, 0.25) is 0 Å². The van der Waals surface area contributed by atoms with Gasteiger partial charge in [0, 0.05) is 4.88 Å². The van der Waals surface area contributed by atoms with Crippen LogP contribution in [0.3, 0.4) is 0 Å². The first kappa shape index (κ1) is 13.9. The number of nitrogens with zero attached hydrogens (tertiary/aromatic N) is 1. The van der Waals surface area contributed by atoms with Gasteiger partial charge in [0.25, 0.3) is 0 Å². The molecule has 2 N–H and O–H groups in total. The predicted molar refractivity (Wildman–Crippen MR) is 81.2 cm³/mol. The molecule has 0 aliphatic heterocycles. The topological polar surface area (TPSA) is 71.5 Å². The van der Waals surface area contributed by atoms with Crippen molar-refractivity contribution >= 4 is 22.4 Å². The van der Waals surface area contributed by atoms with Crippen molar-refractivity contribution < 1.29 is 14.6 Å². The van der Waals surface area contributed by atoms with Gasteiger partial charge in [0.15, 0.2) is 5.13 Å². The lowest BCUT2D eigenvalue weighted by atomic mass is 10.1. The Kier molecular flexibility index (Phi) is 4.06. The number of hydrogen-bond donors (Lipinski definition) is 2. The van der Waals surface area contributed by atoms with Crippen LogP contribution in [0.5, 0.6) is 5.75 Å². The van der Waals surface area contributed by atoms with Gasteiger partial charge in [0.1, 0.15) is 18.3 Å². The maximum absolute atomic E-state index is 11.1. The number of fused-ring (bicyclic) bond motifs is 1. The number of thiazole rings is 1. The van der Waals surface area contributed by atoms with Gasteiger partial charge in [-0.2, -0.15) is 0 Å². The van der Waals surface area contributed by atoms with E-state index in [9.17, 15) is 4.79 Å². The average molecular weight is 304 g/mol. The van der Waals surface area contributed by atoms with Gasteiger partial charge in [-0.05, 0) is 25.0 Å². The van der Waals surface area contributed by atoms with Gasteiger partial charge in [-0.1, -0.05) is 18.2 Å². The summed E-state index contributed by atoms with van der Waals surface area (Å²) in [4.78, 5) is 16.6. The molecule has 5 nitrogen and oxygen atoms in total. The van der Waals surface area contributed by atoms with Crippen LogP contribution in [-0.4, -0.2) is 29.2 Å². The molecule has 1 aliphatic rings. The molecule has 0 radical (unpaired) electrons. The van der Waals surface area contributed by atoms with Crippen molar-refractivity contribution in [3.63, 3.8) is 0 Å². The second kappa shape index (κ2) is 6.13. The van der Waals surface area contributed by atoms with E-state index in [2.05, 4.69) is 10.3 Å². The van der Waals surface area contributed by atoms with E-state index in [-0.39, 0.29) is 0 Å². The SMILES string of the molecule is O=C(O)C1CCc2sc(NCCOc3ccccc3)nc21. The summed E-state index contributed by atoms with van der Waals surface area (Å²) in [5.41, 5.74) is 0.735. The monoisotopic (exact) mass is 304 g/mol. The summed E-state index contributed by atoms with van der Waals surface area (Å²) in [6.07, 6.45) is 1.48. The fourth-order valence-corrected chi connectivity index (χ4v) is 3.45. The van der Waals surface area contributed by atoms with Crippen molar-refractivity contribution in [2.75, 3.05) is 18.5 Å². The Labute approximate surface area is 126 Å². The Morgan fingerprint density at radius 2 is 2.24 bits per heavy atom. The van der Waals surface area contributed by atoms with Crippen LogP contribution in [0.2, 0.25) is 0 Å². The zero-order valence-electron chi connectivity index (χ0n) is 11.4. The van der Waals surface area contributed by atoms with Crippen LogP contribution >= 0.6 is 11.3 Å². The van der Waals surface area contributed by atoms with Crippen molar-refractivity contribution in [1.29, 1.82) is 0 Å². The molecule has 0 amide bonds. The second-order valence-electron chi connectivity index (χ2n) is 4.85. The van der Waals surface area contributed by atoms with E-state index in [1.54, 1.807) is 11.3 Å². The van der Waals surface area contributed by atoms with Crippen LogP contribution in [0.4, 0.5) is 5.13 Å². The lowest BCUT2D eigenvalue weighted by molar-refractivity contribution is -0.138. The summed E-state index contributed by atoms with van der Waals surface area (Å²) in [5.74, 6) is -0.378.